The molecule has 0 bridgehead atoms. The van der Waals surface area contributed by atoms with Gasteiger partial charge in [-0.25, -0.2) is 9.78 Å². The zero-order chi connectivity index (χ0) is 19.2. The predicted octanol–water partition coefficient (Wildman–Crippen LogP) is 3.51. The number of amides is 2. The number of nitrogens with zero attached hydrogens (tertiary/aromatic N) is 4. The number of carbonyl (C=O) groups excluding carboxylic acids is 1. The van der Waals surface area contributed by atoms with Crippen molar-refractivity contribution in [3.8, 4) is 6.07 Å². The second kappa shape index (κ2) is 8.54. The van der Waals surface area contributed by atoms with Crippen LogP contribution >= 0.6 is 0 Å². The van der Waals surface area contributed by atoms with Crippen LogP contribution in [0.25, 0.3) is 0 Å². The van der Waals surface area contributed by atoms with Gasteiger partial charge >= 0.3 is 6.03 Å². The molecule has 1 N–H and O–H groups in total. The quantitative estimate of drug-likeness (QED) is 0.902. The van der Waals surface area contributed by atoms with Crippen LogP contribution in [-0.4, -0.2) is 42.1 Å². The highest BCUT2D eigenvalue weighted by atomic mass is 16.2. The smallest absolute Gasteiger partial charge is 0.321 e. The van der Waals surface area contributed by atoms with Gasteiger partial charge in [-0.2, -0.15) is 5.26 Å². The Morgan fingerprint density at radius 3 is 2.41 bits per heavy atom. The van der Waals surface area contributed by atoms with Crippen LogP contribution in [0.15, 0.2) is 42.6 Å². The molecule has 1 aliphatic rings. The molecular weight excluding hydrogens is 338 g/mol. The molecule has 1 aromatic carbocycles. The molecule has 140 valence electrons. The van der Waals surface area contributed by atoms with E-state index in [-0.39, 0.29) is 6.03 Å². The first-order valence-corrected chi connectivity index (χ1v) is 9.31. The standard InChI is InChI=1S/C21H25N5O/c1-16(2)13-17-3-6-19(7-4-17)24-21(27)26-11-9-25(10-12-26)20-8-5-18(14-22)15-23-20/h3-8,15-16H,9-13H2,1-2H3,(H,24,27). The van der Waals surface area contributed by atoms with Crippen LogP contribution in [0, 0.1) is 17.2 Å². The lowest BCUT2D eigenvalue weighted by molar-refractivity contribution is 0.208. The minimum absolute atomic E-state index is 0.0703. The van der Waals surface area contributed by atoms with Crippen LogP contribution in [0.5, 0.6) is 0 Å². The maximum Gasteiger partial charge on any atom is 0.321 e. The van der Waals surface area contributed by atoms with Crippen molar-refractivity contribution in [2.75, 3.05) is 36.4 Å². The number of carbonyl (C=O) groups is 1. The Morgan fingerprint density at radius 1 is 1.15 bits per heavy atom. The summed E-state index contributed by atoms with van der Waals surface area (Å²) in [5, 5.41) is 11.8. The summed E-state index contributed by atoms with van der Waals surface area (Å²) in [6.07, 6.45) is 2.62. The first-order chi connectivity index (χ1) is 13.0. The maximum atomic E-state index is 12.5. The molecule has 0 spiro atoms. The summed E-state index contributed by atoms with van der Waals surface area (Å²) < 4.78 is 0. The van der Waals surface area contributed by atoms with Gasteiger partial charge in [-0.1, -0.05) is 26.0 Å². The Kier molecular flexibility index (Phi) is 5.92. The largest absolute Gasteiger partial charge is 0.353 e. The van der Waals surface area contributed by atoms with Crippen molar-refractivity contribution in [2.24, 2.45) is 5.92 Å². The van der Waals surface area contributed by atoms with Crippen molar-refractivity contribution < 1.29 is 4.79 Å². The number of hydrogen-bond donors (Lipinski definition) is 1. The number of aromatic nitrogens is 1. The van der Waals surface area contributed by atoms with Gasteiger partial charge in [0, 0.05) is 38.1 Å². The number of nitriles is 1. The Hall–Kier alpha value is -3.07. The van der Waals surface area contributed by atoms with E-state index in [2.05, 4.69) is 47.3 Å². The van der Waals surface area contributed by atoms with Crippen LogP contribution < -0.4 is 10.2 Å². The molecule has 1 fully saturated rings. The number of benzene rings is 1. The number of pyridine rings is 1. The van der Waals surface area contributed by atoms with Gasteiger partial charge in [0.15, 0.2) is 0 Å². The van der Waals surface area contributed by atoms with E-state index < -0.39 is 0 Å². The van der Waals surface area contributed by atoms with Gasteiger partial charge in [0.05, 0.1) is 5.56 Å². The summed E-state index contributed by atoms with van der Waals surface area (Å²) in [6, 6.07) is 13.7. The van der Waals surface area contributed by atoms with E-state index in [1.54, 1.807) is 12.3 Å². The minimum atomic E-state index is -0.0703. The first kappa shape index (κ1) is 18.7. The molecule has 1 saturated heterocycles. The van der Waals surface area contributed by atoms with Crippen molar-refractivity contribution in [3.63, 3.8) is 0 Å². The van der Waals surface area contributed by atoms with Crippen LogP contribution in [0.1, 0.15) is 25.0 Å². The molecule has 3 rings (SSSR count). The lowest BCUT2D eigenvalue weighted by Gasteiger charge is -2.35. The molecule has 6 heteroatoms. The Balaban J connectivity index is 1.51. The molecule has 27 heavy (non-hydrogen) atoms. The van der Waals surface area contributed by atoms with E-state index in [0.717, 1.165) is 31.0 Å². The number of rotatable bonds is 4. The van der Waals surface area contributed by atoms with Crippen molar-refractivity contribution >= 4 is 17.5 Å². The topological polar surface area (TPSA) is 72.3 Å². The van der Waals surface area contributed by atoms with E-state index in [1.165, 1.54) is 5.56 Å². The predicted molar refractivity (Wildman–Crippen MR) is 107 cm³/mol. The van der Waals surface area contributed by atoms with Crippen molar-refractivity contribution in [2.45, 2.75) is 20.3 Å². The molecule has 0 radical (unpaired) electrons. The van der Waals surface area contributed by atoms with E-state index in [1.807, 2.05) is 23.1 Å². The van der Waals surface area contributed by atoms with Crippen LogP contribution in [0.2, 0.25) is 0 Å². The summed E-state index contributed by atoms with van der Waals surface area (Å²) in [6.45, 7) is 7.11. The Bertz CT molecular complexity index is 800. The highest BCUT2D eigenvalue weighted by molar-refractivity contribution is 5.89. The lowest BCUT2D eigenvalue weighted by Crippen LogP contribution is -2.50. The van der Waals surface area contributed by atoms with Crippen LogP contribution in [0.4, 0.5) is 16.3 Å². The molecule has 0 saturated carbocycles. The van der Waals surface area contributed by atoms with Gasteiger partial charge in [0.25, 0.3) is 0 Å². The lowest BCUT2D eigenvalue weighted by atomic mass is 10.0. The fourth-order valence-corrected chi connectivity index (χ4v) is 3.18. The first-order valence-electron chi connectivity index (χ1n) is 9.31. The van der Waals surface area contributed by atoms with Gasteiger partial charge < -0.3 is 15.1 Å². The Morgan fingerprint density at radius 2 is 1.85 bits per heavy atom. The van der Waals surface area contributed by atoms with Gasteiger partial charge in [-0.15, -0.1) is 0 Å². The van der Waals surface area contributed by atoms with Crippen LogP contribution in [-0.2, 0) is 6.42 Å². The SMILES string of the molecule is CC(C)Cc1ccc(NC(=O)N2CCN(c3ccc(C#N)cn3)CC2)cc1. The molecule has 2 aromatic rings. The summed E-state index contributed by atoms with van der Waals surface area (Å²) in [7, 11) is 0. The molecule has 1 aliphatic heterocycles. The normalized spacial score (nSPS) is 14.1. The minimum Gasteiger partial charge on any atom is -0.353 e. The summed E-state index contributed by atoms with van der Waals surface area (Å²) >= 11 is 0. The molecule has 0 aliphatic carbocycles. The molecular formula is C21H25N5O. The second-order valence-corrected chi connectivity index (χ2v) is 7.22. The molecule has 1 aromatic heterocycles. The van der Waals surface area contributed by atoms with E-state index in [0.29, 0.717) is 24.6 Å². The van der Waals surface area contributed by atoms with E-state index >= 15 is 0 Å². The maximum absolute atomic E-state index is 12.5. The summed E-state index contributed by atoms with van der Waals surface area (Å²) in [5.74, 6) is 1.46. The average molecular weight is 363 g/mol. The second-order valence-electron chi connectivity index (χ2n) is 7.22. The van der Waals surface area contributed by atoms with Crippen molar-refractivity contribution in [1.29, 1.82) is 5.26 Å². The third-order valence-electron chi connectivity index (χ3n) is 4.62. The summed E-state index contributed by atoms with van der Waals surface area (Å²) in [5.41, 5.74) is 2.66. The van der Waals surface area contributed by atoms with Gasteiger partial charge in [0.2, 0.25) is 0 Å². The number of nitrogens with one attached hydrogen (secondary N) is 1. The highest BCUT2D eigenvalue weighted by Gasteiger charge is 2.22. The number of urea groups is 1. The Labute approximate surface area is 160 Å². The molecule has 2 heterocycles. The van der Waals surface area contributed by atoms with E-state index in [4.69, 9.17) is 5.26 Å². The van der Waals surface area contributed by atoms with Gasteiger partial charge in [-0.3, -0.25) is 0 Å². The number of anilines is 2. The van der Waals surface area contributed by atoms with Crippen molar-refractivity contribution in [1.82, 2.24) is 9.88 Å². The molecule has 6 nitrogen and oxygen atoms in total. The fourth-order valence-electron chi connectivity index (χ4n) is 3.18. The van der Waals surface area contributed by atoms with Gasteiger partial charge in [0.1, 0.15) is 11.9 Å². The molecule has 2 amide bonds. The number of piperazine rings is 1. The van der Waals surface area contributed by atoms with Gasteiger partial charge in [-0.05, 0) is 42.2 Å². The van der Waals surface area contributed by atoms with Crippen molar-refractivity contribution in [3.05, 3.63) is 53.7 Å². The third kappa shape index (κ3) is 4.98. The van der Waals surface area contributed by atoms with E-state index in [9.17, 15) is 4.79 Å². The summed E-state index contributed by atoms with van der Waals surface area (Å²) in [4.78, 5) is 20.8. The average Bonchev–Trinajstić information content (AvgIpc) is 2.69. The fraction of sp³-hybridized carbons (Fsp3) is 0.381. The monoisotopic (exact) mass is 363 g/mol. The zero-order valence-corrected chi connectivity index (χ0v) is 15.9. The number of hydrogen-bond acceptors (Lipinski definition) is 4. The molecule has 0 unspecified atom stereocenters. The molecule has 0 atom stereocenters. The van der Waals surface area contributed by atoms with Crippen LogP contribution in [0.3, 0.4) is 0 Å². The zero-order valence-electron chi connectivity index (χ0n) is 15.9. The highest BCUT2D eigenvalue weighted by Crippen LogP contribution is 2.16. The third-order valence-corrected chi connectivity index (χ3v) is 4.62.